The van der Waals surface area contributed by atoms with Gasteiger partial charge in [0.25, 0.3) is 0 Å². The lowest BCUT2D eigenvalue weighted by Crippen LogP contribution is -2.04. The van der Waals surface area contributed by atoms with Crippen LogP contribution >= 0.6 is 0 Å². The zero-order valence-electron chi connectivity index (χ0n) is 12.8. The third-order valence-corrected chi connectivity index (χ3v) is 3.35. The molecular weight excluding hydrogens is 250 g/mol. The molecule has 0 saturated heterocycles. The van der Waals surface area contributed by atoms with Gasteiger partial charge in [-0.2, -0.15) is 4.99 Å². The van der Waals surface area contributed by atoms with E-state index < -0.39 is 0 Å². The first-order valence-electron chi connectivity index (χ1n) is 7.42. The predicted octanol–water partition coefficient (Wildman–Crippen LogP) is 4.89. The number of hydrogen-bond donors (Lipinski definition) is 0. The van der Waals surface area contributed by atoms with Gasteiger partial charge in [-0.1, -0.05) is 46.1 Å². The highest BCUT2D eigenvalue weighted by Gasteiger charge is 2.04. The van der Waals surface area contributed by atoms with E-state index in [1.165, 1.54) is 25.3 Å². The monoisotopic (exact) mass is 275 g/mol. The highest BCUT2D eigenvalue weighted by Crippen LogP contribution is 2.20. The van der Waals surface area contributed by atoms with Crippen molar-refractivity contribution in [3.8, 4) is 5.75 Å². The van der Waals surface area contributed by atoms with Crippen molar-refractivity contribution in [1.82, 2.24) is 0 Å². The Kier molecular flexibility index (Phi) is 7.67. The Balaban J connectivity index is 2.26. The molecule has 110 valence electrons. The predicted molar refractivity (Wildman–Crippen MR) is 82.2 cm³/mol. The molecule has 3 heteroatoms. The van der Waals surface area contributed by atoms with Crippen LogP contribution in [0.3, 0.4) is 0 Å². The molecule has 0 N–H and O–H groups in total. The maximum absolute atomic E-state index is 10.2. The molecule has 0 aliphatic rings. The Morgan fingerprint density at radius 1 is 1.20 bits per heavy atom. The van der Waals surface area contributed by atoms with Crippen molar-refractivity contribution in [2.45, 2.75) is 46.5 Å². The Hall–Kier alpha value is -1.60. The average Bonchev–Trinajstić information content (AvgIpc) is 2.39. The molecule has 0 aliphatic heterocycles. The minimum absolute atomic E-state index is 0.586. The second kappa shape index (κ2) is 9.33. The number of carbonyl (C=O) groups excluding carboxylic acids is 1. The van der Waals surface area contributed by atoms with E-state index in [4.69, 9.17) is 4.74 Å². The first-order valence-corrected chi connectivity index (χ1v) is 7.42. The number of hydrogen-bond acceptors (Lipinski definition) is 3. The summed E-state index contributed by atoms with van der Waals surface area (Å²) in [6, 6.07) is 7.23. The van der Waals surface area contributed by atoms with E-state index in [1.807, 2.05) is 12.1 Å². The maximum Gasteiger partial charge on any atom is 0.240 e. The lowest BCUT2D eigenvalue weighted by atomic mass is 9.98. The Bertz CT molecular complexity index is 436. The summed E-state index contributed by atoms with van der Waals surface area (Å²) in [6.45, 7) is 7.51. The van der Waals surface area contributed by atoms with E-state index in [1.54, 1.807) is 12.1 Å². The van der Waals surface area contributed by atoms with Crippen LogP contribution in [0.25, 0.3) is 0 Å². The van der Waals surface area contributed by atoms with Crippen molar-refractivity contribution in [2.24, 2.45) is 16.8 Å². The Labute approximate surface area is 122 Å². The number of nitrogens with zero attached hydrogens (tertiary/aromatic N) is 1. The summed E-state index contributed by atoms with van der Waals surface area (Å²) in [5, 5.41) is 0. The standard InChI is InChI=1S/C17H25NO2/c1-14(2)6-4-7-15(3)10-11-20-17-9-5-8-16(12-17)18-13-19/h5,8-9,12,14-15H,4,6-7,10-11H2,1-3H3/t15-/m0/s1. The van der Waals surface area contributed by atoms with Crippen LogP contribution in [0.2, 0.25) is 0 Å². The molecule has 0 saturated carbocycles. The van der Waals surface area contributed by atoms with Crippen molar-refractivity contribution >= 4 is 11.8 Å². The van der Waals surface area contributed by atoms with Crippen molar-refractivity contribution in [3.05, 3.63) is 24.3 Å². The van der Waals surface area contributed by atoms with Gasteiger partial charge in [0.05, 0.1) is 12.3 Å². The van der Waals surface area contributed by atoms with Gasteiger partial charge in [-0.25, -0.2) is 4.79 Å². The van der Waals surface area contributed by atoms with Gasteiger partial charge in [0.1, 0.15) is 5.75 Å². The lowest BCUT2D eigenvalue weighted by Gasteiger charge is -2.13. The van der Waals surface area contributed by atoms with Gasteiger partial charge in [-0.3, -0.25) is 0 Å². The molecule has 3 nitrogen and oxygen atoms in total. The molecule has 1 atom stereocenters. The number of ether oxygens (including phenoxy) is 1. The lowest BCUT2D eigenvalue weighted by molar-refractivity contribution is 0.276. The number of benzene rings is 1. The normalized spacial score (nSPS) is 12.0. The van der Waals surface area contributed by atoms with E-state index in [-0.39, 0.29) is 0 Å². The molecule has 0 spiro atoms. The molecule has 0 bridgehead atoms. The fraction of sp³-hybridized carbons (Fsp3) is 0.588. The summed E-state index contributed by atoms with van der Waals surface area (Å²) < 4.78 is 5.70. The largest absolute Gasteiger partial charge is 0.494 e. The second-order valence-electron chi connectivity index (χ2n) is 5.77. The molecule has 0 aliphatic carbocycles. The van der Waals surface area contributed by atoms with Crippen LogP contribution in [0.15, 0.2) is 29.3 Å². The summed E-state index contributed by atoms with van der Waals surface area (Å²) >= 11 is 0. The molecule has 0 fully saturated rings. The third kappa shape index (κ3) is 7.10. The van der Waals surface area contributed by atoms with Gasteiger partial charge in [0, 0.05) is 6.07 Å². The van der Waals surface area contributed by atoms with Crippen molar-refractivity contribution in [3.63, 3.8) is 0 Å². The van der Waals surface area contributed by atoms with Gasteiger partial charge < -0.3 is 4.74 Å². The minimum Gasteiger partial charge on any atom is -0.494 e. The fourth-order valence-electron chi connectivity index (χ4n) is 2.09. The molecule has 0 amide bonds. The van der Waals surface area contributed by atoms with Gasteiger partial charge in [-0.15, -0.1) is 0 Å². The number of rotatable bonds is 9. The van der Waals surface area contributed by atoms with Crippen LogP contribution in [0, 0.1) is 11.8 Å². The molecule has 0 heterocycles. The first kappa shape index (κ1) is 16.5. The molecule has 0 aromatic heterocycles. The van der Waals surface area contributed by atoms with Crippen molar-refractivity contribution in [2.75, 3.05) is 6.61 Å². The van der Waals surface area contributed by atoms with Crippen molar-refractivity contribution in [1.29, 1.82) is 0 Å². The molecular formula is C17H25NO2. The summed E-state index contributed by atoms with van der Waals surface area (Å²) in [5.41, 5.74) is 0.586. The van der Waals surface area contributed by atoms with E-state index in [0.29, 0.717) is 18.2 Å². The minimum atomic E-state index is 0.586. The summed E-state index contributed by atoms with van der Waals surface area (Å²) in [4.78, 5) is 13.8. The van der Waals surface area contributed by atoms with Crippen LogP contribution in [0.4, 0.5) is 5.69 Å². The van der Waals surface area contributed by atoms with Crippen LogP contribution < -0.4 is 4.74 Å². The van der Waals surface area contributed by atoms with Crippen molar-refractivity contribution < 1.29 is 9.53 Å². The van der Waals surface area contributed by atoms with Crippen LogP contribution in [0.5, 0.6) is 5.75 Å². The molecule has 20 heavy (non-hydrogen) atoms. The number of aliphatic imine (C=N–C) groups is 1. The maximum atomic E-state index is 10.2. The van der Waals surface area contributed by atoms with Crippen LogP contribution in [-0.4, -0.2) is 12.7 Å². The van der Waals surface area contributed by atoms with Gasteiger partial charge in [0.15, 0.2) is 0 Å². The summed E-state index contributed by atoms with van der Waals surface area (Å²) in [7, 11) is 0. The quantitative estimate of drug-likeness (QED) is 0.475. The molecule has 1 aromatic carbocycles. The van der Waals surface area contributed by atoms with Gasteiger partial charge >= 0.3 is 0 Å². The van der Waals surface area contributed by atoms with Gasteiger partial charge in [-0.05, 0) is 30.4 Å². The SMILES string of the molecule is CC(C)CCC[C@H](C)CCOc1cccc(N=C=O)c1. The van der Waals surface area contributed by atoms with E-state index >= 15 is 0 Å². The van der Waals surface area contributed by atoms with E-state index in [0.717, 1.165) is 18.1 Å². The Morgan fingerprint density at radius 3 is 2.70 bits per heavy atom. The van der Waals surface area contributed by atoms with Crippen LogP contribution in [-0.2, 0) is 4.79 Å². The number of isocyanates is 1. The topological polar surface area (TPSA) is 38.7 Å². The smallest absolute Gasteiger partial charge is 0.240 e. The average molecular weight is 275 g/mol. The highest BCUT2D eigenvalue weighted by atomic mass is 16.5. The van der Waals surface area contributed by atoms with Gasteiger partial charge in [0.2, 0.25) is 6.08 Å². The first-order chi connectivity index (χ1) is 9.61. The van der Waals surface area contributed by atoms with E-state index in [2.05, 4.69) is 25.8 Å². The molecule has 0 radical (unpaired) electrons. The van der Waals surface area contributed by atoms with Crippen LogP contribution in [0.1, 0.15) is 46.5 Å². The zero-order chi connectivity index (χ0) is 14.8. The Morgan fingerprint density at radius 2 is 2.00 bits per heavy atom. The summed E-state index contributed by atoms with van der Waals surface area (Å²) in [5.74, 6) is 2.24. The zero-order valence-corrected chi connectivity index (χ0v) is 12.8. The molecule has 0 unspecified atom stereocenters. The van der Waals surface area contributed by atoms with E-state index in [9.17, 15) is 4.79 Å². The summed E-state index contributed by atoms with van der Waals surface area (Å²) in [6.07, 6.45) is 6.45. The highest BCUT2D eigenvalue weighted by molar-refractivity contribution is 5.51. The molecule has 1 aromatic rings. The molecule has 1 rings (SSSR count). The fourth-order valence-corrected chi connectivity index (χ4v) is 2.09. The third-order valence-electron chi connectivity index (χ3n) is 3.35. The second-order valence-corrected chi connectivity index (χ2v) is 5.77.